The minimum absolute atomic E-state index is 0.0329. The Morgan fingerprint density at radius 1 is 1.12 bits per heavy atom. The van der Waals surface area contributed by atoms with Crippen LogP contribution in [0.15, 0.2) is 67.0 Å². The number of amides is 1. The lowest BCUT2D eigenvalue weighted by molar-refractivity contribution is -0.137. The lowest BCUT2D eigenvalue weighted by Crippen LogP contribution is -2.16. The van der Waals surface area contributed by atoms with Gasteiger partial charge in [0.25, 0.3) is 5.91 Å². The van der Waals surface area contributed by atoms with Crippen LogP contribution in [0.4, 0.5) is 18.9 Å². The van der Waals surface area contributed by atoms with Crippen LogP contribution in [0.5, 0.6) is 0 Å². The number of aromatic nitrogens is 4. The number of anilines is 1. The van der Waals surface area contributed by atoms with Gasteiger partial charge in [0.2, 0.25) is 0 Å². The van der Waals surface area contributed by atoms with Crippen LogP contribution in [0.3, 0.4) is 0 Å². The molecule has 2 aromatic heterocycles. The van der Waals surface area contributed by atoms with Gasteiger partial charge in [0.05, 0.1) is 35.4 Å². The highest BCUT2D eigenvalue weighted by molar-refractivity contribution is 6.06. The van der Waals surface area contributed by atoms with Crippen LogP contribution in [0.2, 0.25) is 0 Å². The summed E-state index contributed by atoms with van der Waals surface area (Å²) in [6.07, 6.45) is -1.64. The molecule has 1 amide bonds. The fourth-order valence-electron chi connectivity index (χ4n) is 3.32. The van der Waals surface area contributed by atoms with Crippen LogP contribution in [-0.2, 0) is 19.8 Å². The highest BCUT2D eigenvalue weighted by Crippen LogP contribution is 2.37. The standard InChI is InChI=1S/C23H19F3N6O/c1-32-10-9-18(31-32)16-11-15(7-8-17(16)23(24,25)26)22(33)29-19-13-28-20(12-27)30-21(19)14-5-3-2-4-6-14/h2-11,13H,12,27H2,1H3,(H,29,33). The Bertz CT molecular complexity index is 1300. The summed E-state index contributed by atoms with van der Waals surface area (Å²) in [5, 5.41) is 6.77. The van der Waals surface area contributed by atoms with Crippen LogP contribution in [0, 0.1) is 0 Å². The molecular formula is C23H19F3N6O. The molecule has 3 N–H and O–H groups in total. The molecule has 0 aliphatic carbocycles. The minimum atomic E-state index is -4.60. The zero-order valence-electron chi connectivity index (χ0n) is 17.5. The van der Waals surface area contributed by atoms with Gasteiger partial charge in [0.15, 0.2) is 0 Å². The van der Waals surface area contributed by atoms with Gasteiger partial charge in [-0.2, -0.15) is 18.3 Å². The number of nitrogens with two attached hydrogens (primary N) is 1. The van der Waals surface area contributed by atoms with E-state index < -0.39 is 17.6 Å². The van der Waals surface area contributed by atoms with Gasteiger partial charge in [-0.25, -0.2) is 9.97 Å². The van der Waals surface area contributed by atoms with E-state index in [0.717, 1.165) is 17.7 Å². The maximum absolute atomic E-state index is 13.6. The van der Waals surface area contributed by atoms with Crippen LogP contribution in [0.25, 0.3) is 22.5 Å². The minimum Gasteiger partial charge on any atom is -0.324 e. The molecule has 168 valence electrons. The Morgan fingerprint density at radius 2 is 1.88 bits per heavy atom. The Morgan fingerprint density at radius 3 is 2.52 bits per heavy atom. The summed E-state index contributed by atoms with van der Waals surface area (Å²) in [6.45, 7) is 0.112. The molecule has 2 aromatic carbocycles. The number of nitrogens with zero attached hydrogens (tertiary/aromatic N) is 4. The molecule has 4 rings (SSSR count). The normalized spacial score (nSPS) is 11.4. The van der Waals surface area contributed by atoms with Crippen molar-refractivity contribution in [3.8, 4) is 22.5 Å². The van der Waals surface area contributed by atoms with E-state index in [1.54, 1.807) is 7.05 Å². The molecule has 0 aliphatic rings. The number of hydrogen-bond donors (Lipinski definition) is 2. The molecule has 0 fully saturated rings. The second kappa shape index (κ2) is 8.83. The molecule has 0 bridgehead atoms. The largest absolute Gasteiger partial charge is 0.417 e. The van der Waals surface area contributed by atoms with Crippen LogP contribution >= 0.6 is 0 Å². The van der Waals surface area contributed by atoms with E-state index in [0.29, 0.717) is 17.2 Å². The first kappa shape index (κ1) is 22.2. The summed E-state index contributed by atoms with van der Waals surface area (Å²) < 4.78 is 42.1. The first-order valence-electron chi connectivity index (χ1n) is 9.90. The summed E-state index contributed by atoms with van der Waals surface area (Å²) >= 11 is 0. The maximum atomic E-state index is 13.6. The smallest absolute Gasteiger partial charge is 0.324 e. The van der Waals surface area contributed by atoms with Crippen molar-refractivity contribution in [3.05, 3.63) is 83.9 Å². The monoisotopic (exact) mass is 452 g/mol. The van der Waals surface area contributed by atoms with Crippen molar-refractivity contribution in [3.63, 3.8) is 0 Å². The molecule has 0 radical (unpaired) electrons. The summed E-state index contributed by atoms with van der Waals surface area (Å²) in [5.41, 5.74) is 6.22. The quantitative estimate of drug-likeness (QED) is 0.471. The van der Waals surface area contributed by atoms with E-state index in [4.69, 9.17) is 5.73 Å². The first-order valence-corrected chi connectivity index (χ1v) is 9.90. The molecule has 0 spiro atoms. The summed E-state index contributed by atoms with van der Waals surface area (Å²) in [6, 6.07) is 13.8. The molecule has 0 atom stereocenters. The number of aryl methyl sites for hydroxylation is 1. The van der Waals surface area contributed by atoms with Gasteiger partial charge in [0, 0.05) is 29.9 Å². The number of hydrogen-bond acceptors (Lipinski definition) is 5. The third kappa shape index (κ3) is 4.75. The van der Waals surface area contributed by atoms with Crippen molar-refractivity contribution in [2.24, 2.45) is 12.8 Å². The first-order chi connectivity index (χ1) is 15.8. The number of carbonyl (C=O) groups excluding carboxylic acids is 1. The Labute approximate surface area is 187 Å². The van der Waals surface area contributed by atoms with Crippen molar-refractivity contribution in [1.29, 1.82) is 0 Å². The summed E-state index contributed by atoms with van der Waals surface area (Å²) in [4.78, 5) is 21.5. The molecule has 10 heteroatoms. The molecule has 4 aromatic rings. The molecule has 0 saturated heterocycles. The van der Waals surface area contributed by atoms with Gasteiger partial charge in [-0.3, -0.25) is 9.48 Å². The lowest BCUT2D eigenvalue weighted by atomic mass is 10.0. The van der Waals surface area contributed by atoms with Crippen molar-refractivity contribution in [1.82, 2.24) is 19.7 Å². The average Bonchev–Trinajstić information content (AvgIpc) is 3.25. The van der Waals surface area contributed by atoms with Gasteiger partial charge >= 0.3 is 6.18 Å². The molecule has 2 heterocycles. The third-order valence-electron chi connectivity index (χ3n) is 4.89. The zero-order valence-corrected chi connectivity index (χ0v) is 17.5. The Balaban J connectivity index is 1.73. The molecule has 33 heavy (non-hydrogen) atoms. The topological polar surface area (TPSA) is 98.7 Å². The molecule has 0 saturated carbocycles. The fraction of sp³-hybridized carbons (Fsp3) is 0.130. The fourth-order valence-corrected chi connectivity index (χ4v) is 3.32. The second-order valence-corrected chi connectivity index (χ2v) is 7.21. The SMILES string of the molecule is Cn1ccc(-c2cc(C(=O)Nc3cnc(CN)nc3-c3ccccc3)ccc2C(F)(F)F)n1. The van der Waals surface area contributed by atoms with Gasteiger partial charge in [-0.15, -0.1) is 0 Å². The predicted molar refractivity (Wildman–Crippen MR) is 117 cm³/mol. The maximum Gasteiger partial charge on any atom is 0.417 e. The second-order valence-electron chi connectivity index (χ2n) is 7.21. The van der Waals surface area contributed by atoms with Crippen molar-refractivity contribution in [2.75, 3.05) is 5.32 Å². The van der Waals surface area contributed by atoms with Crippen LogP contribution < -0.4 is 11.1 Å². The predicted octanol–water partition coefficient (Wildman–Crippen LogP) is 4.27. The number of halogens is 3. The van der Waals surface area contributed by atoms with Crippen LogP contribution in [0.1, 0.15) is 21.7 Å². The number of alkyl halides is 3. The highest BCUT2D eigenvalue weighted by Gasteiger charge is 2.34. The van der Waals surface area contributed by atoms with E-state index in [2.05, 4.69) is 20.4 Å². The summed E-state index contributed by atoms with van der Waals surface area (Å²) in [7, 11) is 1.60. The summed E-state index contributed by atoms with van der Waals surface area (Å²) in [5.74, 6) is -0.221. The van der Waals surface area contributed by atoms with Gasteiger partial charge < -0.3 is 11.1 Å². The van der Waals surface area contributed by atoms with Crippen molar-refractivity contribution < 1.29 is 18.0 Å². The van der Waals surface area contributed by atoms with E-state index >= 15 is 0 Å². The van der Waals surface area contributed by atoms with Gasteiger partial charge in [-0.05, 0) is 24.3 Å². The van der Waals surface area contributed by atoms with Gasteiger partial charge in [0.1, 0.15) is 5.82 Å². The number of benzene rings is 2. The van der Waals surface area contributed by atoms with Gasteiger partial charge in [-0.1, -0.05) is 30.3 Å². The third-order valence-corrected chi connectivity index (χ3v) is 4.89. The van der Waals surface area contributed by atoms with E-state index in [9.17, 15) is 18.0 Å². The van der Waals surface area contributed by atoms with E-state index in [-0.39, 0.29) is 23.4 Å². The Kier molecular flexibility index (Phi) is 5.93. The van der Waals surface area contributed by atoms with Crippen LogP contribution in [-0.4, -0.2) is 25.7 Å². The number of rotatable bonds is 5. The average molecular weight is 452 g/mol. The number of nitrogens with one attached hydrogen (secondary N) is 1. The molecular weight excluding hydrogens is 433 g/mol. The number of carbonyl (C=O) groups is 1. The highest BCUT2D eigenvalue weighted by atomic mass is 19.4. The molecule has 0 unspecified atom stereocenters. The Hall–Kier alpha value is -4.05. The van der Waals surface area contributed by atoms with Crippen molar-refractivity contribution >= 4 is 11.6 Å². The molecule has 0 aliphatic heterocycles. The van der Waals surface area contributed by atoms with E-state index in [1.807, 2.05) is 30.3 Å². The lowest BCUT2D eigenvalue weighted by Gasteiger charge is -2.14. The van der Waals surface area contributed by atoms with Crippen molar-refractivity contribution in [2.45, 2.75) is 12.7 Å². The zero-order chi connectivity index (χ0) is 23.6. The molecule has 7 nitrogen and oxygen atoms in total. The van der Waals surface area contributed by atoms with E-state index in [1.165, 1.54) is 29.2 Å².